The maximum atomic E-state index is 12.6. The second-order valence-corrected chi connectivity index (χ2v) is 6.97. The average molecular weight is 352 g/mol. The van der Waals surface area contributed by atoms with Gasteiger partial charge in [-0.3, -0.25) is 4.79 Å². The smallest absolute Gasteiger partial charge is 0.259 e. The molecule has 26 heavy (non-hydrogen) atoms. The van der Waals surface area contributed by atoms with Gasteiger partial charge < -0.3 is 10.2 Å². The molecule has 0 bridgehead atoms. The summed E-state index contributed by atoms with van der Waals surface area (Å²) < 4.78 is 0. The van der Waals surface area contributed by atoms with Crippen LogP contribution >= 0.6 is 0 Å². The Labute approximate surface area is 155 Å². The standard InChI is InChI=1S/C21H28N4O/c1-3-4-8-17-9-11-18(12-10-17)24-20(26)19-15-22-21(23-16(19)2)25-13-6-5-7-14-25/h9-12,15H,3-8,13-14H2,1-2H3,(H,24,26). The van der Waals surface area contributed by atoms with Gasteiger partial charge in [0, 0.05) is 25.0 Å². The van der Waals surface area contributed by atoms with Gasteiger partial charge >= 0.3 is 0 Å². The van der Waals surface area contributed by atoms with Gasteiger partial charge in [-0.25, -0.2) is 9.97 Å². The number of nitrogens with one attached hydrogen (secondary N) is 1. The second kappa shape index (κ2) is 8.79. The third-order valence-corrected chi connectivity index (χ3v) is 4.88. The highest BCUT2D eigenvalue weighted by molar-refractivity contribution is 6.04. The molecule has 0 unspecified atom stereocenters. The number of carbonyl (C=O) groups is 1. The molecule has 1 saturated heterocycles. The number of hydrogen-bond donors (Lipinski definition) is 1. The Morgan fingerprint density at radius 1 is 1.15 bits per heavy atom. The van der Waals surface area contributed by atoms with E-state index in [1.807, 2.05) is 19.1 Å². The minimum Gasteiger partial charge on any atom is -0.341 e. The van der Waals surface area contributed by atoms with Crippen LogP contribution in [0.1, 0.15) is 60.6 Å². The lowest BCUT2D eigenvalue weighted by Crippen LogP contribution is -2.31. The molecule has 5 nitrogen and oxygen atoms in total. The van der Waals surface area contributed by atoms with Gasteiger partial charge in [-0.15, -0.1) is 0 Å². The van der Waals surface area contributed by atoms with Gasteiger partial charge in [-0.1, -0.05) is 25.5 Å². The Morgan fingerprint density at radius 2 is 1.88 bits per heavy atom. The first-order valence-electron chi connectivity index (χ1n) is 9.66. The summed E-state index contributed by atoms with van der Waals surface area (Å²) in [5, 5.41) is 2.95. The van der Waals surface area contributed by atoms with E-state index in [9.17, 15) is 4.79 Å². The highest BCUT2D eigenvalue weighted by atomic mass is 16.1. The van der Waals surface area contributed by atoms with E-state index >= 15 is 0 Å². The Morgan fingerprint density at radius 3 is 2.54 bits per heavy atom. The summed E-state index contributed by atoms with van der Waals surface area (Å²) in [6, 6.07) is 8.07. The fraction of sp³-hybridized carbons (Fsp3) is 0.476. The number of hydrogen-bond acceptors (Lipinski definition) is 4. The van der Waals surface area contributed by atoms with E-state index in [2.05, 4.69) is 39.2 Å². The van der Waals surface area contributed by atoms with Crippen LogP contribution in [0.5, 0.6) is 0 Å². The van der Waals surface area contributed by atoms with Crippen LogP contribution in [0.15, 0.2) is 30.5 Å². The van der Waals surface area contributed by atoms with Gasteiger partial charge in [0.15, 0.2) is 0 Å². The number of unbranched alkanes of at least 4 members (excludes halogenated alkanes) is 1. The predicted octanol–water partition coefficient (Wildman–Crippen LogP) is 4.37. The van der Waals surface area contributed by atoms with Crippen molar-refractivity contribution < 1.29 is 4.79 Å². The van der Waals surface area contributed by atoms with E-state index in [1.165, 1.54) is 37.7 Å². The molecule has 2 heterocycles. The summed E-state index contributed by atoms with van der Waals surface area (Å²) >= 11 is 0. The molecule has 0 radical (unpaired) electrons. The van der Waals surface area contributed by atoms with Crippen LogP contribution < -0.4 is 10.2 Å². The van der Waals surface area contributed by atoms with Crippen molar-refractivity contribution in [2.75, 3.05) is 23.3 Å². The molecule has 2 aromatic rings. The number of anilines is 2. The first-order valence-corrected chi connectivity index (χ1v) is 9.66. The minimum atomic E-state index is -0.158. The van der Waals surface area contributed by atoms with E-state index in [4.69, 9.17) is 0 Å². The highest BCUT2D eigenvalue weighted by Gasteiger charge is 2.17. The molecule has 5 heteroatoms. The lowest BCUT2D eigenvalue weighted by Gasteiger charge is -2.26. The fourth-order valence-electron chi connectivity index (χ4n) is 3.26. The normalized spacial score (nSPS) is 14.3. The molecule has 1 aliphatic heterocycles. The molecule has 1 fully saturated rings. The molecule has 0 aliphatic carbocycles. The summed E-state index contributed by atoms with van der Waals surface area (Å²) in [6.07, 6.45) is 8.73. The van der Waals surface area contributed by atoms with Gasteiger partial charge in [0.05, 0.1) is 11.3 Å². The van der Waals surface area contributed by atoms with Crippen molar-refractivity contribution in [3.63, 3.8) is 0 Å². The Bertz CT molecular complexity index is 736. The number of amides is 1. The lowest BCUT2D eigenvalue weighted by molar-refractivity contribution is 0.102. The zero-order chi connectivity index (χ0) is 18.4. The zero-order valence-corrected chi connectivity index (χ0v) is 15.8. The van der Waals surface area contributed by atoms with Gasteiger partial charge in [0.2, 0.25) is 5.95 Å². The van der Waals surface area contributed by atoms with Crippen molar-refractivity contribution in [1.82, 2.24) is 9.97 Å². The molecule has 3 rings (SSSR count). The minimum absolute atomic E-state index is 0.158. The molecular formula is C21H28N4O. The van der Waals surface area contributed by atoms with Gasteiger partial charge in [0.25, 0.3) is 5.91 Å². The fourth-order valence-corrected chi connectivity index (χ4v) is 3.26. The molecule has 1 aromatic carbocycles. The van der Waals surface area contributed by atoms with Crippen LogP contribution in [0, 0.1) is 6.92 Å². The first kappa shape index (κ1) is 18.4. The number of nitrogens with zero attached hydrogens (tertiary/aromatic N) is 3. The highest BCUT2D eigenvalue weighted by Crippen LogP contribution is 2.18. The molecule has 0 saturated carbocycles. The average Bonchev–Trinajstić information content (AvgIpc) is 2.68. The molecule has 138 valence electrons. The Balaban J connectivity index is 1.65. The number of carbonyl (C=O) groups excluding carboxylic acids is 1. The van der Waals surface area contributed by atoms with Crippen molar-refractivity contribution in [1.29, 1.82) is 0 Å². The second-order valence-electron chi connectivity index (χ2n) is 6.97. The number of aryl methyl sites for hydroxylation is 2. The SMILES string of the molecule is CCCCc1ccc(NC(=O)c2cnc(N3CCCCC3)nc2C)cc1. The van der Waals surface area contributed by atoms with Crippen molar-refractivity contribution >= 4 is 17.5 Å². The third kappa shape index (κ3) is 4.59. The van der Waals surface area contributed by atoms with Crippen LogP contribution in [-0.2, 0) is 6.42 Å². The van der Waals surface area contributed by atoms with Crippen LogP contribution in [0.25, 0.3) is 0 Å². The topological polar surface area (TPSA) is 58.1 Å². The third-order valence-electron chi connectivity index (χ3n) is 4.88. The number of aromatic nitrogens is 2. The lowest BCUT2D eigenvalue weighted by atomic mass is 10.1. The number of benzene rings is 1. The van der Waals surface area contributed by atoms with Gasteiger partial charge in [-0.05, 0) is 56.7 Å². The van der Waals surface area contributed by atoms with Gasteiger partial charge in [0.1, 0.15) is 0 Å². The summed E-state index contributed by atoms with van der Waals surface area (Å²) in [4.78, 5) is 23.8. The van der Waals surface area contributed by atoms with Crippen LogP contribution in [0.2, 0.25) is 0 Å². The van der Waals surface area contributed by atoms with E-state index in [1.54, 1.807) is 6.20 Å². The summed E-state index contributed by atoms with van der Waals surface area (Å²) in [6.45, 7) is 6.05. The van der Waals surface area contributed by atoms with Crippen molar-refractivity contribution in [3.8, 4) is 0 Å². The Hall–Kier alpha value is -2.43. The number of rotatable bonds is 6. The molecule has 1 aromatic heterocycles. The monoisotopic (exact) mass is 352 g/mol. The van der Waals surface area contributed by atoms with Crippen LogP contribution in [0.4, 0.5) is 11.6 Å². The zero-order valence-electron chi connectivity index (χ0n) is 15.8. The molecule has 1 aliphatic rings. The molecular weight excluding hydrogens is 324 g/mol. The van der Waals surface area contributed by atoms with E-state index in [-0.39, 0.29) is 5.91 Å². The largest absolute Gasteiger partial charge is 0.341 e. The van der Waals surface area contributed by atoms with Gasteiger partial charge in [-0.2, -0.15) is 0 Å². The van der Waals surface area contributed by atoms with Crippen molar-refractivity contribution in [3.05, 3.63) is 47.3 Å². The van der Waals surface area contributed by atoms with Crippen molar-refractivity contribution in [2.24, 2.45) is 0 Å². The van der Waals surface area contributed by atoms with Crippen LogP contribution in [-0.4, -0.2) is 29.0 Å². The quantitative estimate of drug-likeness (QED) is 0.839. The summed E-state index contributed by atoms with van der Waals surface area (Å²) in [5.74, 6) is 0.577. The molecule has 0 spiro atoms. The van der Waals surface area contributed by atoms with E-state index < -0.39 is 0 Å². The maximum Gasteiger partial charge on any atom is 0.259 e. The Kier molecular flexibility index (Phi) is 6.21. The maximum absolute atomic E-state index is 12.6. The predicted molar refractivity (Wildman–Crippen MR) is 106 cm³/mol. The summed E-state index contributed by atoms with van der Waals surface area (Å²) in [5.41, 5.74) is 3.35. The van der Waals surface area contributed by atoms with E-state index in [0.29, 0.717) is 5.56 Å². The molecule has 1 amide bonds. The summed E-state index contributed by atoms with van der Waals surface area (Å²) in [7, 11) is 0. The van der Waals surface area contributed by atoms with Crippen molar-refractivity contribution in [2.45, 2.75) is 52.4 Å². The van der Waals surface area contributed by atoms with Crippen LogP contribution in [0.3, 0.4) is 0 Å². The molecule has 0 atom stereocenters. The first-order chi connectivity index (χ1) is 12.7. The number of piperidine rings is 1. The molecule has 1 N–H and O–H groups in total. The van der Waals surface area contributed by atoms with E-state index in [0.717, 1.165) is 36.8 Å².